The van der Waals surface area contributed by atoms with Gasteiger partial charge in [0, 0.05) is 16.9 Å². The third kappa shape index (κ3) is 7.19. The molecule has 0 atom stereocenters. The Morgan fingerprint density at radius 3 is 2.31 bits per heavy atom. The van der Waals surface area contributed by atoms with Crippen molar-refractivity contribution in [3.05, 3.63) is 35.5 Å². The van der Waals surface area contributed by atoms with Gasteiger partial charge in [0.15, 0.2) is 8.32 Å². The van der Waals surface area contributed by atoms with Gasteiger partial charge in [-0.2, -0.15) is 5.10 Å². The van der Waals surface area contributed by atoms with Crippen molar-refractivity contribution in [3.8, 4) is 11.3 Å². The van der Waals surface area contributed by atoms with E-state index in [0.717, 1.165) is 34.7 Å². The molecular formula is C20H36N6O2Si. The normalized spacial score (nSPS) is 11.6. The van der Waals surface area contributed by atoms with E-state index in [4.69, 9.17) is 15.3 Å². The summed E-state index contributed by atoms with van der Waals surface area (Å²) in [6.45, 7) is 16.9. The van der Waals surface area contributed by atoms with E-state index in [1.807, 2.05) is 23.7 Å². The first kappa shape index (κ1) is 24.7. The number of nitrogen functional groups attached to an aromatic ring is 1. The van der Waals surface area contributed by atoms with E-state index in [1.54, 1.807) is 5.43 Å². The number of hydrogen-bond donors (Lipinski definition) is 4. The second-order valence-electron chi connectivity index (χ2n) is 8.58. The van der Waals surface area contributed by atoms with Crippen LogP contribution in [0.2, 0.25) is 18.1 Å². The molecule has 0 unspecified atom stereocenters. The largest absolute Gasteiger partial charge is 0.415 e. The predicted octanol–water partition coefficient (Wildman–Crippen LogP) is 3.30. The Kier molecular flexibility index (Phi) is 8.43. The van der Waals surface area contributed by atoms with Crippen molar-refractivity contribution in [2.45, 2.75) is 59.3 Å². The Labute approximate surface area is 174 Å². The van der Waals surface area contributed by atoms with Crippen LogP contribution >= 0.6 is 0 Å². The van der Waals surface area contributed by atoms with Crippen molar-refractivity contribution in [2.75, 3.05) is 12.3 Å². The van der Waals surface area contributed by atoms with Crippen LogP contribution in [0.5, 0.6) is 0 Å². The molecule has 0 bridgehead atoms. The zero-order chi connectivity index (χ0) is 22.4. The minimum absolute atomic E-state index is 0.233. The molecule has 0 saturated heterocycles. The zero-order valence-corrected chi connectivity index (χ0v) is 19.7. The second kappa shape index (κ2) is 9.90. The molecule has 1 heterocycles. The van der Waals surface area contributed by atoms with E-state index >= 15 is 0 Å². The Bertz CT molecular complexity index is 827. The fourth-order valence-electron chi connectivity index (χ4n) is 2.28. The van der Waals surface area contributed by atoms with Crippen LogP contribution in [0, 0.1) is 13.8 Å². The number of hydrazine groups is 1. The van der Waals surface area contributed by atoms with Gasteiger partial charge in [0.2, 0.25) is 0 Å². The maximum absolute atomic E-state index is 9.35. The molecule has 2 amide bonds. The van der Waals surface area contributed by atoms with Crippen LogP contribution in [0.3, 0.4) is 0 Å². The average Bonchev–Trinajstić information content (AvgIpc) is 2.97. The van der Waals surface area contributed by atoms with Gasteiger partial charge in [-0.25, -0.2) is 10.6 Å². The van der Waals surface area contributed by atoms with E-state index < -0.39 is 14.3 Å². The smallest absolute Gasteiger partial charge is 0.326 e. The van der Waals surface area contributed by atoms with Crippen LogP contribution in [0.4, 0.5) is 10.5 Å². The summed E-state index contributed by atoms with van der Waals surface area (Å²) in [6, 6.07) is 7.50. The van der Waals surface area contributed by atoms with Gasteiger partial charge >= 0.3 is 6.03 Å². The quantitative estimate of drug-likeness (QED) is 0.193. The molecule has 2 rings (SSSR count). The van der Waals surface area contributed by atoms with Gasteiger partial charge in [-0.1, -0.05) is 32.9 Å². The lowest BCUT2D eigenvalue weighted by Crippen LogP contribution is -2.41. The number of nitrogens with two attached hydrogens (primary N) is 3. The fraction of sp³-hybridized carbons (Fsp3) is 0.500. The fourth-order valence-corrected chi connectivity index (χ4v) is 3.32. The average molecular weight is 421 g/mol. The number of nitrogens with one attached hydrogen (secondary N) is 1. The number of amides is 2. The van der Waals surface area contributed by atoms with Crippen LogP contribution in [-0.2, 0) is 11.0 Å². The predicted molar refractivity (Wildman–Crippen MR) is 122 cm³/mol. The summed E-state index contributed by atoms with van der Waals surface area (Å²) in [5.41, 5.74) is 17.2. The van der Waals surface area contributed by atoms with E-state index in [9.17, 15) is 4.79 Å². The summed E-state index contributed by atoms with van der Waals surface area (Å²) in [5, 5.41) is 4.96. The minimum atomic E-state index is -1.70. The first-order valence-electron chi connectivity index (χ1n) is 9.59. The number of aryl methyl sites for hydroxylation is 2. The van der Waals surface area contributed by atoms with Gasteiger partial charge in [-0.3, -0.25) is 10.1 Å². The van der Waals surface area contributed by atoms with Gasteiger partial charge in [0.1, 0.15) is 0 Å². The van der Waals surface area contributed by atoms with Gasteiger partial charge in [-0.05, 0) is 49.7 Å². The number of anilines is 1. The van der Waals surface area contributed by atoms with Crippen LogP contribution < -0.4 is 22.7 Å². The summed E-state index contributed by atoms with van der Waals surface area (Å²) in [4.78, 5) is 9.35. The Balaban J connectivity index is 0.000000749. The van der Waals surface area contributed by atoms with Crippen molar-refractivity contribution in [1.82, 2.24) is 15.2 Å². The number of carbonyl (C=O) groups is 1. The molecule has 0 fully saturated rings. The molecule has 8 nitrogen and oxygen atoms in total. The molecule has 9 heteroatoms. The molecule has 7 N–H and O–H groups in total. The molecule has 29 heavy (non-hydrogen) atoms. The molecule has 0 aliphatic heterocycles. The third-order valence-electron chi connectivity index (χ3n) is 5.27. The molecule has 0 spiro atoms. The topological polar surface area (TPSA) is 134 Å². The van der Waals surface area contributed by atoms with Crippen molar-refractivity contribution in [3.63, 3.8) is 0 Å². The summed E-state index contributed by atoms with van der Waals surface area (Å²) in [7, 11) is -1.70. The van der Waals surface area contributed by atoms with Crippen molar-refractivity contribution < 1.29 is 9.22 Å². The number of rotatable bonds is 5. The second-order valence-corrected chi connectivity index (χ2v) is 13.4. The highest BCUT2D eigenvalue weighted by Gasteiger charge is 2.36. The number of hydrogen-bond acceptors (Lipinski definition) is 5. The standard InChI is InChI=1S/C19H31N3OSi.CH5N3O/c1-14-8-9-16(13-17(14)20)18-12-15(2)22(21-18)10-11-23-24(6,7)19(3,4)5;2-1(5)4-3/h8-9,12-13H,10-11,20H2,1-7H3;3H2,(H3,2,4,5). The zero-order valence-electron chi connectivity index (χ0n) is 18.7. The molecule has 1 aromatic heterocycles. The van der Waals surface area contributed by atoms with Gasteiger partial charge in [0.05, 0.1) is 18.8 Å². The molecule has 162 valence electrons. The van der Waals surface area contributed by atoms with E-state index in [1.165, 1.54) is 0 Å². The SMILES string of the molecule is Cc1ccc(-c2cc(C)n(CCO[Si](C)(C)C(C)(C)C)n2)cc1N.NNC(N)=O. The Morgan fingerprint density at radius 1 is 1.24 bits per heavy atom. The lowest BCUT2D eigenvalue weighted by Gasteiger charge is -2.36. The molecule has 1 aromatic carbocycles. The lowest BCUT2D eigenvalue weighted by molar-refractivity contribution is 0.249. The van der Waals surface area contributed by atoms with Crippen LogP contribution in [-0.4, -0.2) is 30.7 Å². The summed E-state index contributed by atoms with van der Waals surface area (Å²) >= 11 is 0. The highest BCUT2D eigenvalue weighted by atomic mass is 28.4. The monoisotopic (exact) mass is 420 g/mol. The van der Waals surface area contributed by atoms with Gasteiger partial charge in [0.25, 0.3) is 0 Å². The first-order valence-corrected chi connectivity index (χ1v) is 12.5. The number of aromatic nitrogens is 2. The number of carbonyl (C=O) groups excluding carboxylic acids is 1. The summed E-state index contributed by atoms with van der Waals surface area (Å²) in [6.07, 6.45) is 0. The first-order chi connectivity index (χ1) is 13.3. The van der Waals surface area contributed by atoms with Crippen LogP contribution in [0.25, 0.3) is 11.3 Å². The minimum Gasteiger partial charge on any atom is -0.415 e. The van der Waals surface area contributed by atoms with Crippen molar-refractivity contribution >= 4 is 20.0 Å². The maximum Gasteiger partial charge on any atom is 0.326 e. The van der Waals surface area contributed by atoms with Crippen LogP contribution in [0.15, 0.2) is 24.3 Å². The molecule has 0 saturated carbocycles. The number of nitrogens with zero attached hydrogens (tertiary/aromatic N) is 2. The van der Waals surface area contributed by atoms with Gasteiger partial charge < -0.3 is 15.9 Å². The van der Waals surface area contributed by atoms with E-state index in [2.05, 4.69) is 64.5 Å². The Hall–Kier alpha value is -2.36. The van der Waals surface area contributed by atoms with Gasteiger partial charge in [-0.15, -0.1) is 0 Å². The maximum atomic E-state index is 9.35. The molecule has 0 aliphatic carbocycles. The summed E-state index contributed by atoms with van der Waals surface area (Å²) < 4.78 is 8.29. The van der Waals surface area contributed by atoms with E-state index in [0.29, 0.717) is 6.61 Å². The number of urea groups is 1. The highest BCUT2D eigenvalue weighted by Crippen LogP contribution is 2.36. The lowest BCUT2D eigenvalue weighted by atomic mass is 10.1. The van der Waals surface area contributed by atoms with Crippen molar-refractivity contribution in [1.29, 1.82) is 0 Å². The molecule has 2 aromatic rings. The molecular weight excluding hydrogens is 384 g/mol. The third-order valence-corrected chi connectivity index (χ3v) is 9.81. The summed E-state index contributed by atoms with van der Waals surface area (Å²) in [5.74, 6) is 4.45. The van der Waals surface area contributed by atoms with Crippen LogP contribution in [0.1, 0.15) is 32.0 Å². The van der Waals surface area contributed by atoms with E-state index in [-0.39, 0.29) is 5.04 Å². The molecule has 0 aliphatic rings. The number of benzene rings is 1. The molecule has 0 radical (unpaired) electrons. The number of primary amides is 1. The van der Waals surface area contributed by atoms with Crippen molar-refractivity contribution in [2.24, 2.45) is 11.6 Å². The highest BCUT2D eigenvalue weighted by molar-refractivity contribution is 6.74. The Morgan fingerprint density at radius 2 is 1.83 bits per heavy atom.